The summed E-state index contributed by atoms with van der Waals surface area (Å²) in [7, 11) is 0. The van der Waals surface area contributed by atoms with Crippen LogP contribution in [0, 0.1) is 5.92 Å². The number of hydrogen-bond donors (Lipinski definition) is 3. The van der Waals surface area contributed by atoms with Gasteiger partial charge in [-0.25, -0.2) is 4.79 Å². The smallest absolute Gasteiger partial charge is 0.324 e. The average Bonchev–Trinajstić information content (AvgIpc) is 3.39. The molecule has 0 unspecified atom stereocenters. The molecule has 1 aromatic heterocycles. The first kappa shape index (κ1) is 22.1. The lowest BCUT2D eigenvalue weighted by Crippen LogP contribution is -2.57. The van der Waals surface area contributed by atoms with Crippen LogP contribution in [0.4, 0.5) is 10.5 Å². The Morgan fingerprint density at radius 3 is 2.69 bits per heavy atom. The molecule has 1 aromatic carbocycles. The lowest BCUT2D eigenvalue weighted by molar-refractivity contribution is -0.122. The molecule has 3 amide bonds. The average molecular weight is 443 g/mol. The van der Waals surface area contributed by atoms with Gasteiger partial charge in [0, 0.05) is 43.3 Å². The van der Waals surface area contributed by atoms with Gasteiger partial charge in [0.05, 0.1) is 5.52 Å². The molecule has 0 aliphatic carbocycles. The molecule has 4 aliphatic rings. The molecule has 172 valence electrons. The van der Waals surface area contributed by atoms with Crippen molar-refractivity contribution in [1.29, 1.82) is 0 Å². The van der Waals surface area contributed by atoms with Crippen LogP contribution < -0.4 is 10.2 Å². The number of anilines is 1. The van der Waals surface area contributed by atoms with Gasteiger partial charge in [0.25, 0.3) is 12.4 Å². The monoisotopic (exact) mass is 442 g/mol. The third-order valence-corrected chi connectivity index (χ3v) is 6.63. The van der Waals surface area contributed by atoms with Gasteiger partial charge in [-0.3, -0.25) is 19.6 Å². The van der Waals surface area contributed by atoms with Crippen molar-refractivity contribution in [3.8, 4) is 0 Å². The Morgan fingerprint density at radius 2 is 2.03 bits per heavy atom. The van der Waals surface area contributed by atoms with E-state index in [-0.39, 0.29) is 24.5 Å². The summed E-state index contributed by atoms with van der Waals surface area (Å²) in [5.41, 5.74) is 2.06. The molecular formula is C22H30N6O4. The highest BCUT2D eigenvalue weighted by molar-refractivity contribution is 6.06. The van der Waals surface area contributed by atoms with Crippen LogP contribution in [0.1, 0.15) is 36.7 Å². The minimum atomic E-state index is -0.250. The summed E-state index contributed by atoms with van der Waals surface area (Å²) in [6.45, 7) is 7.28. The molecule has 2 aromatic rings. The highest BCUT2D eigenvalue weighted by atomic mass is 16.3. The summed E-state index contributed by atoms with van der Waals surface area (Å²) >= 11 is 0. The maximum absolute atomic E-state index is 12.9. The SMILES string of the molecule is CCCN1CCN(c2ccc3c(C(=O)N[C@H]4CN5CCC4CC5)n[nH]c3c2)C1=O.O=CO. The van der Waals surface area contributed by atoms with Crippen molar-refractivity contribution < 1.29 is 19.5 Å². The van der Waals surface area contributed by atoms with Crippen LogP contribution in [0.2, 0.25) is 0 Å². The highest BCUT2D eigenvalue weighted by Gasteiger charge is 2.35. The third kappa shape index (κ3) is 4.27. The Morgan fingerprint density at radius 1 is 1.28 bits per heavy atom. The number of carbonyl (C=O) groups excluding carboxylic acids is 2. The number of benzene rings is 1. The minimum absolute atomic E-state index is 0.0473. The topological polar surface area (TPSA) is 122 Å². The van der Waals surface area contributed by atoms with E-state index in [9.17, 15) is 9.59 Å². The van der Waals surface area contributed by atoms with E-state index in [2.05, 4.69) is 27.3 Å². The number of aromatic amines is 1. The zero-order valence-electron chi connectivity index (χ0n) is 18.3. The second-order valence-corrected chi connectivity index (χ2v) is 8.55. The third-order valence-electron chi connectivity index (χ3n) is 6.63. The number of H-pyrrole nitrogens is 1. The fourth-order valence-corrected chi connectivity index (χ4v) is 5.01. The molecule has 4 saturated heterocycles. The van der Waals surface area contributed by atoms with Gasteiger partial charge in [0.15, 0.2) is 5.69 Å². The van der Waals surface area contributed by atoms with Gasteiger partial charge in [-0.15, -0.1) is 0 Å². The van der Waals surface area contributed by atoms with Crippen molar-refractivity contribution in [2.75, 3.05) is 44.2 Å². The number of amides is 3. The van der Waals surface area contributed by atoms with Crippen LogP contribution in [-0.4, -0.2) is 88.8 Å². The normalized spacial score (nSPS) is 24.4. The molecule has 6 rings (SSSR count). The quantitative estimate of drug-likeness (QED) is 0.607. The summed E-state index contributed by atoms with van der Waals surface area (Å²) < 4.78 is 0. The Kier molecular flexibility index (Phi) is 6.59. The minimum Gasteiger partial charge on any atom is -0.483 e. The zero-order valence-corrected chi connectivity index (χ0v) is 18.3. The van der Waals surface area contributed by atoms with Crippen molar-refractivity contribution in [2.24, 2.45) is 5.92 Å². The highest BCUT2D eigenvalue weighted by Crippen LogP contribution is 2.29. The van der Waals surface area contributed by atoms with Crippen molar-refractivity contribution >= 4 is 35.0 Å². The second kappa shape index (κ2) is 9.56. The molecule has 32 heavy (non-hydrogen) atoms. The van der Waals surface area contributed by atoms with Gasteiger partial charge in [0.2, 0.25) is 0 Å². The molecular weight excluding hydrogens is 412 g/mol. The number of nitrogens with zero attached hydrogens (tertiary/aromatic N) is 4. The van der Waals surface area contributed by atoms with Crippen LogP contribution in [0.15, 0.2) is 18.2 Å². The van der Waals surface area contributed by atoms with E-state index in [4.69, 9.17) is 9.90 Å². The van der Waals surface area contributed by atoms with Crippen LogP contribution in [0.3, 0.4) is 0 Å². The van der Waals surface area contributed by atoms with Crippen molar-refractivity contribution in [1.82, 2.24) is 25.3 Å². The summed E-state index contributed by atoms with van der Waals surface area (Å²) in [5.74, 6) is 0.460. The zero-order chi connectivity index (χ0) is 22.7. The number of aromatic nitrogens is 2. The van der Waals surface area contributed by atoms with E-state index in [0.29, 0.717) is 18.2 Å². The first-order valence-corrected chi connectivity index (χ1v) is 11.2. The molecule has 10 nitrogen and oxygen atoms in total. The number of hydrogen-bond acceptors (Lipinski definition) is 5. The van der Waals surface area contributed by atoms with Gasteiger partial charge in [-0.05, 0) is 56.5 Å². The van der Waals surface area contributed by atoms with E-state index in [1.807, 2.05) is 23.1 Å². The molecule has 3 N–H and O–H groups in total. The Hall–Kier alpha value is -3.14. The largest absolute Gasteiger partial charge is 0.483 e. The number of urea groups is 1. The molecule has 2 bridgehead atoms. The fraction of sp³-hybridized carbons (Fsp3) is 0.545. The molecule has 5 heterocycles. The molecule has 0 spiro atoms. The molecule has 0 radical (unpaired) electrons. The predicted octanol–water partition coefficient (Wildman–Crippen LogP) is 1.74. The van der Waals surface area contributed by atoms with E-state index in [1.165, 1.54) is 0 Å². The van der Waals surface area contributed by atoms with E-state index >= 15 is 0 Å². The van der Waals surface area contributed by atoms with Gasteiger partial charge < -0.3 is 20.2 Å². The number of carbonyl (C=O) groups is 3. The molecule has 0 saturated carbocycles. The maximum atomic E-state index is 12.9. The lowest BCUT2D eigenvalue weighted by Gasteiger charge is -2.44. The first-order chi connectivity index (χ1) is 15.5. The van der Waals surface area contributed by atoms with Crippen molar-refractivity contribution in [2.45, 2.75) is 32.2 Å². The van der Waals surface area contributed by atoms with E-state index in [1.54, 1.807) is 4.90 Å². The fourth-order valence-electron chi connectivity index (χ4n) is 5.01. The van der Waals surface area contributed by atoms with Gasteiger partial charge in [-0.1, -0.05) is 6.92 Å². The summed E-state index contributed by atoms with van der Waals surface area (Å²) in [4.78, 5) is 39.9. The van der Waals surface area contributed by atoms with Crippen LogP contribution >= 0.6 is 0 Å². The first-order valence-electron chi connectivity index (χ1n) is 11.2. The molecule has 1 atom stereocenters. The van der Waals surface area contributed by atoms with Gasteiger partial charge >= 0.3 is 6.03 Å². The standard InChI is InChI=1S/C21H28N6O2.CH2O2/c1-2-7-26-10-11-27(21(26)29)15-3-4-16-17(12-15)23-24-19(16)20(28)22-18-13-25-8-5-14(18)6-9-25;2-1-3/h3-4,12,14,18H,2,5-11,13H2,1H3,(H,22,28)(H,23,24);1H,(H,2,3)/t18-;/m0./s1. The van der Waals surface area contributed by atoms with Crippen LogP contribution in [0.5, 0.6) is 0 Å². The number of piperidine rings is 3. The van der Waals surface area contributed by atoms with Gasteiger partial charge in [0.1, 0.15) is 0 Å². The summed E-state index contributed by atoms with van der Waals surface area (Å²) in [6, 6.07) is 5.99. The Balaban J connectivity index is 0.000000775. The summed E-state index contributed by atoms with van der Waals surface area (Å²) in [6.07, 6.45) is 3.28. The maximum Gasteiger partial charge on any atom is 0.324 e. The van der Waals surface area contributed by atoms with Crippen LogP contribution in [0.25, 0.3) is 10.9 Å². The van der Waals surface area contributed by atoms with Crippen LogP contribution in [-0.2, 0) is 4.79 Å². The van der Waals surface area contributed by atoms with Gasteiger partial charge in [-0.2, -0.15) is 5.10 Å². The number of nitrogens with one attached hydrogen (secondary N) is 2. The summed E-state index contributed by atoms with van der Waals surface area (Å²) in [5, 5.41) is 18.2. The number of fused-ring (bicyclic) bond motifs is 4. The molecule has 10 heteroatoms. The number of carboxylic acid groups (broad SMARTS) is 1. The van der Waals surface area contributed by atoms with E-state index < -0.39 is 0 Å². The second-order valence-electron chi connectivity index (χ2n) is 8.55. The molecule has 4 aliphatic heterocycles. The van der Waals surface area contributed by atoms with Crippen molar-refractivity contribution in [3.63, 3.8) is 0 Å². The number of rotatable bonds is 5. The van der Waals surface area contributed by atoms with Crippen molar-refractivity contribution in [3.05, 3.63) is 23.9 Å². The predicted molar refractivity (Wildman–Crippen MR) is 120 cm³/mol. The molecule has 4 fully saturated rings. The van der Waals surface area contributed by atoms with E-state index in [0.717, 1.165) is 68.6 Å². The Bertz CT molecular complexity index is 984. The Labute approximate surface area is 186 Å². The lowest BCUT2D eigenvalue weighted by atomic mass is 9.84.